The maximum atomic E-state index is 13.2. The van der Waals surface area contributed by atoms with E-state index in [4.69, 9.17) is 9.72 Å². The Morgan fingerprint density at radius 1 is 1.19 bits per heavy atom. The summed E-state index contributed by atoms with van der Waals surface area (Å²) in [5.74, 6) is -0.236. The number of nitrogens with one attached hydrogen (secondary N) is 1. The molecule has 1 saturated carbocycles. The third kappa shape index (κ3) is 6.20. The Balaban J connectivity index is 0.00000405. The summed E-state index contributed by atoms with van der Waals surface area (Å²) in [5.41, 5.74) is 4.31. The maximum Gasteiger partial charge on any atom is 0.342 e. The molecule has 0 radical (unpaired) electrons. The third-order valence-electron chi connectivity index (χ3n) is 7.55. The first-order valence-corrected chi connectivity index (χ1v) is 13.7. The van der Waals surface area contributed by atoms with E-state index in [1.807, 2.05) is 79.9 Å². The number of nitro groups is 1. The molecule has 2 aromatic carbocycles. The van der Waals surface area contributed by atoms with Crippen LogP contribution in [0, 0.1) is 17.0 Å². The zero-order valence-electron chi connectivity index (χ0n) is 24.0. The molecule has 1 fully saturated rings. The fraction of sp³-hybridized carbons (Fsp3) is 0.387. The summed E-state index contributed by atoms with van der Waals surface area (Å²) in [7, 11) is 7.72. The highest BCUT2D eigenvalue weighted by atomic mass is 16.6. The molecule has 0 amide bonds. The number of nitro benzene ring substituents is 1. The van der Waals surface area contributed by atoms with Crippen molar-refractivity contribution >= 4 is 39.9 Å². The van der Waals surface area contributed by atoms with Crippen molar-refractivity contribution in [3.8, 4) is 11.3 Å². The topological polar surface area (TPSA) is 119 Å². The van der Waals surface area contributed by atoms with E-state index in [0.29, 0.717) is 23.6 Å². The average Bonchev–Trinajstić information content (AvgIpc) is 3.26. The van der Waals surface area contributed by atoms with E-state index in [-0.39, 0.29) is 35.7 Å². The second kappa shape index (κ2) is 12.6. The Morgan fingerprint density at radius 2 is 1.93 bits per heavy atom. The SMILES string of the molecule is C.Cc1cc(N(C)CCN(C)C)c([N+](=O)[O-])cc1Nc1ncc(C(=O)OC2CCC2)c(-c2cn(C)c3ccccc23)n1. The molecular weight excluding hydrogens is 534 g/mol. The largest absolute Gasteiger partial charge is 0.459 e. The lowest BCUT2D eigenvalue weighted by Gasteiger charge is -2.25. The molecule has 2 heterocycles. The molecule has 11 nitrogen and oxygen atoms in total. The minimum atomic E-state index is -0.457. The maximum absolute atomic E-state index is 13.2. The summed E-state index contributed by atoms with van der Waals surface area (Å²) < 4.78 is 7.70. The highest BCUT2D eigenvalue weighted by molar-refractivity contribution is 6.03. The van der Waals surface area contributed by atoms with Crippen molar-refractivity contribution in [3.63, 3.8) is 0 Å². The normalized spacial score (nSPS) is 13.0. The predicted molar refractivity (Wildman–Crippen MR) is 167 cm³/mol. The first-order valence-electron chi connectivity index (χ1n) is 13.7. The molecule has 0 unspecified atom stereocenters. The first kappa shape index (κ1) is 30.4. The highest BCUT2D eigenvalue weighted by Gasteiger charge is 2.27. The van der Waals surface area contributed by atoms with E-state index in [2.05, 4.69) is 10.3 Å². The standard InChI is InChI=1S/C30H35N7O4.CH4/c1-19-15-26(35(4)14-13-34(2)3)27(37(39)40)16-24(19)32-30-31-17-22(29(38)41-20-9-8-10-20)28(33-30)23-18-36(5)25-12-7-6-11-21(23)25;/h6-7,11-12,15-18,20H,8-10,13-14H2,1-5H3,(H,31,32,33);1H4. The van der Waals surface area contributed by atoms with Gasteiger partial charge < -0.3 is 24.4 Å². The van der Waals surface area contributed by atoms with Gasteiger partial charge in [0, 0.05) is 62.1 Å². The van der Waals surface area contributed by atoms with Gasteiger partial charge in [0.1, 0.15) is 17.4 Å². The molecular formula is C31H39N7O4. The summed E-state index contributed by atoms with van der Waals surface area (Å²) in [6.07, 6.45) is 6.08. The fourth-order valence-electron chi connectivity index (χ4n) is 4.89. The molecule has 0 bridgehead atoms. The summed E-state index contributed by atoms with van der Waals surface area (Å²) in [6.45, 7) is 3.27. The van der Waals surface area contributed by atoms with Crippen LogP contribution in [0.4, 0.5) is 23.0 Å². The number of carbonyl (C=O) groups is 1. The van der Waals surface area contributed by atoms with Crippen molar-refractivity contribution in [2.45, 2.75) is 39.7 Å². The van der Waals surface area contributed by atoms with E-state index in [1.165, 1.54) is 12.3 Å². The minimum Gasteiger partial charge on any atom is -0.459 e. The van der Waals surface area contributed by atoms with Crippen LogP contribution >= 0.6 is 0 Å². The molecule has 2 aromatic heterocycles. The Kier molecular flexibility index (Phi) is 9.11. The van der Waals surface area contributed by atoms with Gasteiger partial charge in [-0.25, -0.2) is 14.8 Å². The Bertz CT molecular complexity index is 1610. The lowest BCUT2D eigenvalue weighted by Crippen LogP contribution is -2.29. The number of para-hydroxylation sites is 1. The number of aromatic nitrogens is 3. The number of aryl methyl sites for hydroxylation is 2. The molecule has 222 valence electrons. The zero-order chi connectivity index (χ0) is 29.3. The van der Waals surface area contributed by atoms with Crippen LogP contribution in [0.1, 0.15) is 42.6 Å². The second-order valence-corrected chi connectivity index (χ2v) is 10.8. The van der Waals surface area contributed by atoms with Crippen molar-refractivity contribution in [2.24, 2.45) is 7.05 Å². The van der Waals surface area contributed by atoms with Gasteiger partial charge in [0.25, 0.3) is 5.69 Å². The molecule has 0 aliphatic heterocycles. The van der Waals surface area contributed by atoms with E-state index in [1.54, 1.807) is 6.07 Å². The average molecular weight is 574 g/mol. The van der Waals surface area contributed by atoms with E-state index in [9.17, 15) is 14.9 Å². The monoisotopic (exact) mass is 573 g/mol. The highest BCUT2D eigenvalue weighted by Crippen LogP contribution is 2.36. The van der Waals surface area contributed by atoms with Crippen LogP contribution in [0.25, 0.3) is 22.2 Å². The van der Waals surface area contributed by atoms with Gasteiger partial charge in [-0.1, -0.05) is 25.6 Å². The van der Waals surface area contributed by atoms with Gasteiger partial charge in [-0.3, -0.25) is 10.1 Å². The van der Waals surface area contributed by atoms with Gasteiger partial charge in [0.15, 0.2) is 0 Å². The molecule has 1 aliphatic rings. The van der Waals surface area contributed by atoms with Crippen molar-refractivity contribution < 1.29 is 14.5 Å². The van der Waals surface area contributed by atoms with Crippen LogP contribution in [-0.4, -0.2) is 70.7 Å². The molecule has 42 heavy (non-hydrogen) atoms. The first-order chi connectivity index (χ1) is 19.6. The Morgan fingerprint density at radius 3 is 2.60 bits per heavy atom. The lowest BCUT2D eigenvalue weighted by atomic mass is 9.96. The molecule has 0 atom stereocenters. The quantitative estimate of drug-likeness (QED) is 0.140. The molecule has 0 spiro atoms. The minimum absolute atomic E-state index is 0. The summed E-state index contributed by atoms with van der Waals surface area (Å²) in [4.78, 5) is 38.0. The molecule has 0 saturated heterocycles. The van der Waals surface area contributed by atoms with Crippen LogP contribution in [0.2, 0.25) is 0 Å². The number of nitrogens with zero attached hydrogens (tertiary/aromatic N) is 6. The van der Waals surface area contributed by atoms with Crippen molar-refractivity contribution in [3.05, 3.63) is 70.0 Å². The van der Waals surface area contributed by atoms with Gasteiger partial charge >= 0.3 is 5.97 Å². The van der Waals surface area contributed by atoms with E-state index in [0.717, 1.165) is 47.8 Å². The second-order valence-electron chi connectivity index (χ2n) is 10.8. The summed E-state index contributed by atoms with van der Waals surface area (Å²) in [5, 5.41) is 16.1. The van der Waals surface area contributed by atoms with E-state index < -0.39 is 5.97 Å². The smallest absolute Gasteiger partial charge is 0.342 e. The van der Waals surface area contributed by atoms with Crippen LogP contribution in [0.3, 0.4) is 0 Å². The number of likely N-dealkylation sites (N-methyl/N-ethyl adjacent to an activating group) is 2. The van der Waals surface area contributed by atoms with Crippen LogP contribution in [0.5, 0.6) is 0 Å². The van der Waals surface area contributed by atoms with Crippen LogP contribution < -0.4 is 10.2 Å². The molecule has 4 aromatic rings. The van der Waals surface area contributed by atoms with Crippen molar-refractivity contribution in [2.75, 3.05) is 44.4 Å². The Labute approximate surface area is 246 Å². The lowest BCUT2D eigenvalue weighted by molar-refractivity contribution is -0.384. The molecule has 11 heteroatoms. The van der Waals surface area contributed by atoms with Gasteiger partial charge in [0.05, 0.1) is 16.3 Å². The number of fused-ring (bicyclic) bond motifs is 1. The number of rotatable bonds is 10. The van der Waals surface area contributed by atoms with Crippen LogP contribution in [0.15, 0.2) is 48.8 Å². The van der Waals surface area contributed by atoms with Crippen molar-refractivity contribution in [1.82, 2.24) is 19.4 Å². The molecule has 5 rings (SSSR count). The molecule has 1 N–H and O–H groups in total. The third-order valence-corrected chi connectivity index (χ3v) is 7.55. The van der Waals surface area contributed by atoms with Crippen molar-refractivity contribution in [1.29, 1.82) is 0 Å². The molecule has 1 aliphatic carbocycles. The number of benzene rings is 2. The van der Waals surface area contributed by atoms with Gasteiger partial charge in [-0.05, 0) is 58.0 Å². The summed E-state index contributed by atoms with van der Waals surface area (Å²) in [6, 6.07) is 11.2. The van der Waals surface area contributed by atoms with Gasteiger partial charge in [0.2, 0.25) is 5.95 Å². The number of carbonyl (C=O) groups excluding carboxylic acids is 1. The number of ether oxygens (including phenoxy) is 1. The van der Waals surface area contributed by atoms with Gasteiger partial charge in [-0.2, -0.15) is 0 Å². The van der Waals surface area contributed by atoms with Crippen LogP contribution in [-0.2, 0) is 11.8 Å². The van der Waals surface area contributed by atoms with E-state index >= 15 is 0 Å². The zero-order valence-corrected chi connectivity index (χ0v) is 24.0. The Hall–Kier alpha value is -4.51. The number of anilines is 3. The predicted octanol–water partition coefficient (Wildman–Crippen LogP) is 5.94. The fourth-order valence-corrected chi connectivity index (χ4v) is 4.89. The number of hydrogen-bond donors (Lipinski definition) is 1. The van der Waals surface area contributed by atoms with Gasteiger partial charge in [-0.15, -0.1) is 0 Å². The number of esters is 1. The summed E-state index contributed by atoms with van der Waals surface area (Å²) >= 11 is 0. The number of hydrogen-bond acceptors (Lipinski definition) is 9.